The normalized spacial score (nSPS) is 16.2. The Morgan fingerprint density at radius 2 is 1.93 bits per heavy atom. The third-order valence-electron chi connectivity index (χ3n) is 4.77. The fourth-order valence-electron chi connectivity index (χ4n) is 3.07. The molecule has 1 aromatic rings. The van der Waals surface area contributed by atoms with Gasteiger partial charge in [0, 0.05) is 18.2 Å². The van der Waals surface area contributed by atoms with Crippen LogP contribution in [0.4, 0.5) is 0 Å². The number of hydrogen-bond acceptors (Lipinski definition) is 4. The Labute approximate surface area is 171 Å². The number of thioether (sulfide) groups is 1. The molecule has 0 unspecified atom stereocenters. The van der Waals surface area contributed by atoms with Crippen molar-refractivity contribution in [1.82, 2.24) is 14.5 Å². The van der Waals surface area contributed by atoms with Gasteiger partial charge in [0.15, 0.2) is 5.16 Å². The SMILES string of the molecule is C=C/C=C(\C=C)n1c(SC2CCC2)nc2c(c1=O)CN(C(=O)C=C)CC2.CC. The van der Waals surface area contributed by atoms with Crippen LogP contribution in [0.25, 0.3) is 5.70 Å². The third kappa shape index (κ3) is 4.55. The molecule has 28 heavy (non-hydrogen) atoms. The van der Waals surface area contributed by atoms with Crippen molar-refractivity contribution in [2.24, 2.45) is 0 Å². The van der Waals surface area contributed by atoms with Gasteiger partial charge in [0.2, 0.25) is 5.91 Å². The van der Waals surface area contributed by atoms with Gasteiger partial charge in [0.05, 0.1) is 23.5 Å². The van der Waals surface area contributed by atoms with Gasteiger partial charge in [-0.3, -0.25) is 14.2 Å². The maximum absolute atomic E-state index is 13.3. The van der Waals surface area contributed by atoms with Crippen LogP contribution in [0.1, 0.15) is 44.4 Å². The van der Waals surface area contributed by atoms with E-state index >= 15 is 0 Å². The number of aromatic nitrogens is 2. The maximum Gasteiger partial charge on any atom is 0.264 e. The lowest BCUT2D eigenvalue weighted by Gasteiger charge is -2.30. The predicted octanol–water partition coefficient (Wildman–Crippen LogP) is 4.20. The van der Waals surface area contributed by atoms with Gasteiger partial charge >= 0.3 is 0 Å². The standard InChI is InChI=1S/C20H23N3O2S.C2H6/c1-4-8-14(5-2)23-19(25)16-13-22(18(24)6-3)12-11-17(16)21-20(23)26-15-9-7-10-15;1-2/h4-6,8,15H,1-3,7,9-13H2;1-2H3/b14-8+;. The van der Waals surface area contributed by atoms with Crippen LogP contribution in [0.3, 0.4) is 0 Å². The van der Waals surface area contributed by atoms with E-state index in [9.17, 15) is 9.59 Å². The first-order valence-electron chi connectivity index (χ1n) is 9.77. The van der Waals surface area contributed by atoms with E-state index in [2.05, 4.69) is 19.7 Å². The molecule has 1 aromatic heterocycles. The minimum atomic E-state index is -0.167. The van der Waals surface area contributed by atoms with Gasteiger partial charge in [-0.05, 0) is 31.1 Å². The minimum Gasteiger partial charge on any atom is -0.334 e. The van der Waals surface area contributed by atoms with Gasteiger partial charge in [-0.15, -0.1) is 0 Å². The summed E-state index contributed by atoms with van der Waals surface area (Å²) in [7, 11) is 0. The number of rotatable bonds is 6. The summed E-state index contributed by atoms with van der Waals surface area (Å²) in [5.74, 6) is -0.167. The van der Waals surface area contributed by atoms with E-state index in [1.165, 1.54) is 12.5 Å². The molecule has 1 fully saturated rings. The second kappa shape index (κ2) is 10.3. The largest absolute Gasteiger partial charge is 0.334 e. The molecule has 150 valence electrons. The molecule has 2 aliphatic rings. The lowest BCUT2D eigenvalue weighted by atomic mass is 10.0. The lowest BCUT2D eigenvalue weighted by Crippen LogP contribution is -2.40. The maximum atomic E-state index is 13.3. The summed E-state index contributed by atoms with van der Waals surface area (Å²) >= 11 is 1.66. The van der Waals surface area contributed by atoms with Crippen LogP contribution in [0.15, 0.2) is 54.0 Å². The molecule has 0 aromatic carbocycles. The van der Waals surface area contributed by atoms with E-state index in [0.29, 0.717) is 34.6 Å². The Kier molecular flexibility index (Phi) is 8.05. The smallest absolute Gasteiger partial charge is 0.264 e. The first-order chi connectivity index (χ1) is 13.6. The summed E-state index contributed by atoms with van der Waals surface area (Å²) < 4.78 is 1.61. The van der Waals surface area contributed by atoms with Crippen LogP contribution in [0, 0.1) is 0 Å². The fraction of sp³-hybridized carbons (Fsp3) is 0.409. The Bertz CT molecular complexity index is 850. The molecule has 0 atom stereocenters. The average Bonchev–Trinajstić information content (AvgIpc) is 2.70. The number of carbonyl (C=O) groups excluding carboxylic acids is 1. The summed E-state index contributed by atoms with van der Waals surface area (Å²) in [4.78, 5) is 31.7. The Balaban J connectivity index is 0.00000136. The topological polar surface area (TPSA) is 55.2 Å². The number of nitrogens with zero attached hydrogens (tertiary/aromatic N) is 3. The zero-order chi connectivity index (χ0) is 20.7. The van der Waals surface area contributed by atoms with Crippen LogP contribution < -0.4 is 5.56 Å². The van der Waals surface area contributed by atoms with Gasteiger partial charge in [-0.2, -0.15) is 0 Å². The van der Waals surface area contributed by atoms with Gasteiger partial charge in [-0.1, -0.05) is 57.8 Å². The molecule has 1 aliphatic heterocycles. The summed E-state index contributed by atoms with van der Waals surface area (Å²) in [5.41, 5.74) is 1.88. The third-order valence-corrected chi connectivity index (χ3v) is 6.05. The van der Waals surface area contributed by atoms with Gasteiger partial charge in [0.25, 0.3) is 5.56 Å². The van der Waals surface area contributed by atoms with Crippen molar-refractivity contribution in [2.45, 2.75) is 56.5 Å². The highest BCUT2D eigenvalue weighted by Gasteiger charge is 2.28. The molecule has 1 saturated carbocycles. The van der Waals surface area contributed by atoms with Crippen molar-refractivity contribution in [2.75, 3.05) is 6.54 Å². The zero-order valence-corrected chi connectivity index (χ0v) is 17.6. The second-order valence-corrected chi connectivity index (χ2v) is 7.64. The molecule has 0 saturated heterocycles. The van der Waals surface area contributed by atoms with E-state index in [-0.39, 0.29) is 18.0 Å². The number of allylic oxidation sites excluding steroid dienone is 4. The second-order valence-electron chi connectivity index (χ2n) is 6.38. The molecule has 0 spiro atoms. The van der Waals surface area contributed by atoms with Crippen LogP contribution in [0.5, 0.6) is 0 Å². The fourth-order valence-corrected chi connectivity index (χ4v) is 4.39. The van der Waals surface area contributed by atoms with Crippen molar-refractivity contribution in [3.05, 3.63) is 65.7 Å². The highest BCUT2D eigenvalue weighted by atomic mass is 32.2. The van der Waals surface area contributed by atoms with Gasteiger partial charge < -0.3 is 4.90 Å². The first kappa shape index (κ1) is 22.0. The van der Waals surface area contributed by atoms with Crippen molar-refractivity contribution in [3.63, 3.8) is 0 Å². The number of amides is 1. The lowest BCUT2D eigenvalue weighted by molar-refractivity contribution is -0.126. The Hall–Kier alpha value is -2.34. The van der Waals surface area contributed by atoms with Gasteiger partial charge in [-0.25, -0.2) is 4.98 Å². The number of hydrogen-bond donors (Lipinski definition) is 0. The molecule has 2 heterocycles. The van der Waals surface area contributed by atoms with Crippen LogP contribution in [-0.4, -0.2) is 32.2 Å². The summed E-state index contributed by atoms with van der Waals surface area (Å²) in [6.45, 7) is 15.9. The molecule has 1 aliphatic carbocycles. The highest BCUT2D eigenvalue weighted by molar-refractivity contribution is 7.99. The molecule has 0 bridgehead atoms. The molecule has 5 nitrogen and oxygen atoms in total. The molecular formula is C22H29N3O2S. The van der Waals surface area contributed by atoms with Crippen LogP contribution in [0.2, 0.25) is 0 Å². The van der Waals surface area contributed by atoms with E-state index in [1.807, 2.05) is 13.8 Å². The first-order valence-corrected chi connectivity index (χ1v) is 10.6. The van der Waals surface area contributed by atoms with Crippen molar-refractivity contribution < 1.29 is 4.79 Å². The highest BCUT2D eigenvalue weighted by Crippen LogP contribution is 2.36. The molecular weight excluding hydrogens is 370 g/mol. The summed E-state index contributed by atoms with van der Waals surface area (Å²) in [6, 6.07) is 0. The minimum absolute atomic E-state index is 0.133. The van der Waals surface area contributed by atoms with Crippen LogP contribution in [-0.2, 0) is 17.8 Å². The molecule has 1 amide bonds. The van der Waals surface area contributed by atoms with Crippen molar-refractivity contribution in [1.29, 1.82) is 0 Å². The monoisotopic (exact) mass is 399 g/mol. The van der Waals surface area contributed by atoms with Crippen LogP contribution >= 0.6 is 11.8 Å². The molecule has 6 heteroatoms. The quantitative estimate of drug-likeness (QED) is 0.409. The number of carbonyl (C=O) groups is 1. The van der Waals surface area contributed by atoms with Gasteiger partial charge in [0.1, 0.15) is 0 Å². The molecule has 3 rings (SSSR count). The van der Waals surface area contributed by atoms with E-state index in [0.717, 1.165) is 18.5 Å². The average molecular weight is 400 g/mol. The summed E-state index contributed by atoms with van der Waals surface area (Å²) in [5, 5.41) is 1.21. The summed E-state index contributed by atoms with van der Waals surface area (Å²) in [6.07, 6.45) is 10.4. The Morgan fingerprint density at radius 1 is 1.21 bits per heavy atom. The Morgan fingerprint density at radius 3 is 2.46 bits per heavy atom. The molecule has 0 N–H and O–H groups in total. The molecule has 0 radical (unpaired) electrons. The zero-order valence-electron chi connectivity index (χ0n) is 16.8. The van der Waals surface area contributed by atoms with E-state index in [4.69, 9.17) is 4.98 Å². The van der Waals surface area contributed by atoms with Crippen molar-refractivity contribution >= 4 is 23.4 Å². The number of fused-ring (bicyclic) bond motifs is 1. The van der Waals surface area contributed by atoms with E-state index < -0.39 is 0 Å². The van der Waals surface area contributed by atoms with Crippen molar-refractivity contribution in [3.8, 4) is 0 Å². The predicted molar refractivity (Wildman–Crippen MR) is 117 cm³/mol. The van der Waals surface area contributed by atoms with E-state index in [1.54, 1.807) is 39.5 Å².